The van der Waals surface area contributed by atoms with Crippen molar-refractivity contribution in [3.63, 3.8) is 0 Å². The van der Waals surface area contributed by atoms with Gasteiger partial charge in [0.1, 0.15) is 17.4 Å². The molecule has 0 saturated heterocycles. The molecule has 22 heavy (non-hydrogen) atoms. The van der Waals surface area contributed by atoms with Crippen LogP contribution in [0.2, 0.25) is 0 Å². The van der Waals surface area contributed by atoms with Crippen LogP contribution in [0, 0.1) is 5.82 Å². The Hall–Kier alpha value is -2.53. The predicted octanol–water partition coefficient (Wildman–Crippen LogP) is 4.44. The number of pyridine rings is 1. The van der Waals surface area contributed by atoms with E-state index in [4.69, 9.17) is 4.74 Å². The zero-order valence-electron chi connectivity index (χ0n) is 11.6. The summed E-state index contributed by atoms with van der Waals surface area (Å²) in [4.78, 5) is 8.57. The number of thiazole rings is 1. The van der Waals surface area contributed by atoms with Gasteiger partial charge in [-0.2, -0.15) is 0 Å². The number of rotatable bonds is 5. The molecule has 0 aliphatic rings. The Labute approximate surface area is 131 Å². The molecule has 1 aromatic carbocycles. The van der Waals surface area contributed by atoms with Crippen LogP contribution < -0.4 is 4.74 Å². The number of benzene rings is 1. The van der Waals surface area contributed by atoms with Crippen LogP contribution in [0.25, 0.3) is 17.3 Å². The van der Waals surface area contributed by atoms with Crippen LogP contribution in [0.3, 0.4) is 0 Å². The smallest absolute Gasteiger partial charge is 0.213 e. The van der Waals surface area contributed by atoms with Gasteiger partial charge in [-0.15, -0.1) is 11.3 Å². The third kappa shape index (κ3) is 3.77. The summed E-state index contributed by atoms with van der Waals surface area (Å²) in [5.41, 5.74) is 1.75. The summed E-state index contributed by atoms with van der Waals surface area (Å²) < 4.78 is 18.4. The zero-order valence-corrected chi connectivity index (χ0v) is 12.5. The molecule has 0 fully saturated rings. The summed E-state index contributed by atoms with van der Waals surface area (Å²) in [5.74, 6) is 0.351. The van der Waals surface area contributed by atoms with Crippen molar-refractivity contribution < 1.29 is 9.13 Å². The van der Waals surface area contributed by atoms with E-state index in [9.17, 15) is 4.39 Å². The summed E-state index contributed by atoms with van der Waals surface area (Å²) in [5, 5.41) is 2.83. The van der Waals surface area contributed by atoms with E-state index in [2.05, 4.69) is 9.97 Å². The highest BCUT2D eigenvalue weighted by Gasteiger charge is 2.02. The first-order valence-electron chi connectivity index (χ1n) is 6.73. The normalized spacial score (nSPS) is 11.0. The Morgan fingerprint density at radius 1 is 1.14 bits per heavy atom. The lowest BCUT2D eigenvalue weighted by atomic mass is 10.2. The highest BCUT2D eigenvalue weighted by molar-refractivity contribution is 7.10. The fourth-order valence-electron chi connectivity index (χ4n) is 1.83. The highest BCUT2D eigenvalue weighted by Crippen LogP contribution is 2.22. The molecule has 2 heterocycles. The van der Waals surface area contributed by atoms with Crippen LogP contribution in [-0.4, -0.2) is 16.6 Å². The minimum absolute atomic E-state index is 0.245. The van der Waals surface area contributed by atoms with E-state index in [1.165, 1.54) is 23.5 Å². The monoisotopic (exact) mass is 312 g/mol. The Bertz CT molecular complexity index is 754. The van der Waals surface area contributed by atoms with Crippen LogP contribution in [0.4, 0.5) is 4.39 Å². The van der Waals surface area contributed by atoms with Crippen LogP contribution >= 0.6 is 11.3 Å². The largest absolute Gasteiger partial charge is 0.473 e. The summed E-state index contributed by atoms with van der Waals surface area (Å²) in [6.45, 7) is 0.433. The lowest BCUT2D eigenvalue weighted by molar-refractivity contribution is 0.349. The fourth-order valence-corrected chi connectivity index (χ4v) is 2.58. The number of halogens is 1. The second-order valence-corrected chi connectivity index (χ2v) is 5.35. The van der Waals surface area contributed by atoms with Crippen molar-refractivity contribution >= 4 is 17.4 Å². The molecule has 2 aromatic heterocycles. The summed E-state index contributed by atoms with van der Waals surface area (Å²) in [7, 11) is 0. The van der Waals surface area contributed by atoms with Gasteiger partial charge in [0.25, 0.3) is 0 Å². The van der Waals surface area contributed by atoms with Crippen LogP contribution in [-0.2, 0) is 0 Å². The molecular formula is C17H13FN2OS. The van der Waals surface area contributed by atoms with Gasteiger partial charge in [-0.1, -0.05) is 6.07 Å². The van der Waals surface area contributed by atoms with Crippen molar-refractivity contribution in [1.29, 1.82) is 0 Å². The first kappa shape index (κ1) is 14.4. The molecule has 0 amide bonds. The first-order chi connectivity index (χ1) is 10.8. The average molecular weight is 312 g/mol. The molecule has 0 N–H and O–H groups in total. The molecule has 0 spiro atoms. The molecule has 0 bridgehead atoms. The van der Waals surface area contributed by atoms with Crippen molar-refractivity contribution in [2.24, 2.45) is 0 Å². The van der Waals surface area contributed by atoms with Crippen LogP contribution in [0.5, 0.6) is 5.88 Å². The average Bonchev–Trinajstić information content (AvgIpc) is 3.02. The van der Waals surface area contributed by atoms with Gasteiger partial charge in [-0.3, -0.25) is 0 Å². The van der Waals surface area contributed by atoms with Crippen molar-refractivity contribution in [3.05, 3.63) is 70.9 Å². The molecule has 0 saturated carbocycles. The SMILES string of the molecule is Fc1ccc(-c2csc(C=CCOc3ccccn3)n2)cc1. The molecule has 110 valence electrons. The van der Waals surface area contributed by atoms with Crippen molar-refractivity contribution in [1.82, 2.24) is 9.97 Å². The standard InChI is InChI=1S/C17H13FN2OS/c18-14-8-6-13(7-9-14)15-12-22-17(20-15)5-3-11-21-16-4-1-2-10-19-16/h1-10,12H,11H2. The van der Waals surface area contributed by atoms with E-state index in [1.807, 2.05) is 35.7 Å². The molecule has 0 atom stereocenters. The van der Waals surface area contributed by atoms with Gasteiger partial charge >= 0.3 is 0 Å². The second kappa shape index (κ2) is 6.95. The van der Waals surface area contributed by atoms with Gasteiger partial charge in [0.2, 0.25) is 5.88 Å². The Balaban J connectivity index is 1.59. The van der Waals surface area contributed by atoms with Crippen molar-refractivity contribution in [2.45, 2.75) is 0 Å². The molecule has 0 radical (unpaired) electrons. The van der Waals surface area contributed by atoms with Gasteiger partial charge in [-0.05, 0) is 42.5 Å². The Kier molecular flexibility index (Phi) is 4.56. The van der Waals surface area contributed by atoms with E-state index in [0.717, 1.165) is 16.3 Å². The Morgan fingerprint density at radius 3 is 2.77 bits per heavy atom. The maximum Gasteiger partial charge on any atom is 0.213 e. The molecule has 3 nitrogen and oxygen atoms in total. The zero-order chi connectivity index (χ0) is 15.2. The fraction of sp³-hybridized carbons (Fsp3) is 0.0588. The van der Waals surface area contributed by atoms with E-state index in [1.54, 1.807) is 18.3 Å². The maximum atomic E-state index is 12.9. The van der Waals surface area contributed by atoms with Crippen LogP contribution in [0.15, 0.2) is 60.1 Å². The first-order valence-corrected chi connectivity index (χ1v) is 7.61. The highest BCUT2D eigenvalue weighted by atomic mass is 32.1. The van der Waals surface area contributed by atoms with E-state index in [0.29, 0.717) is 12.5 Å². The lowest BCUT2D eigenvalue weighted by Gasteiger charge is -1.99. The van der Waals surface area contributed by atoms with Gasteiger partial charge < -0.3 is 4.74 Å². The lowest BCUT2D eigenvalue weighted by Crippen LogP contribution is -1.94. The quantitative estimate of drug-likeness (QED) is 0.699. The van der Waals surface area contributed by atoms with Crippen molar-refractivity contribution in [2.75, 3.05) is 6.61 Å². The minimum Gasteiger partial charge on any atom is -0.473 e. The topological polar surface area (TPSA) is 35.0 Å². The van der Waals surface area contributed by atoms with Gasteiger partial charge in [0.15, 0.2) is 0 Å². The number of nitrogens with zero attached hydrogens (tertiary/aromatic N) is 2. The number of hydrogen-bond donors (Lipinski definition) is 0. The number of aromatic nitrogens is 2. The molecule has 0 aliphatic heterocycles. The third-order valence-corrected chi connectivity index (χ3v) is 3.70. The molecule has 5 heteroatoms. The summed E-state index contributed by atoms with van der Waals surface area (Å²) in [6, 6.07) is 11.8. The van der Waals surface area contributed by atoms with Gasteiger partial charge in [-0.25, -0.2) is 14.4 Å². The van der Waals surface area contributed by atoms with Gasteiger partial charge in [0, 0.05) is 23.2 Å². The number of hydrogen-bond acceptors (Lipinski definition) is 4. The third-order valence-electron chi connectivity index (χ3n) is 2.89. The van der Waals surface area contributed by atoms with E-state index >= 15 is 0 Å². The van der Waals surface area contributed by atoms with E-state index < -0.39 is 0 Å². The van der Waals surface area contributed by atoms with Gasteiger partial charge in [0.05, 0.1) is 5.69 Å². The molecule has 0 unspecified atom stereocenters. The van der Waals surface area contributed by atoms with E-state index in [-0.39, 0.29) is 5.82 Å². The predicted molar refractivity (Wildman–Crippen MR) is 86.3 cm³/mol. The molecular weight excluding hydrogens is 299 g/mol. The Morgan fingerprint density at radius 2 is 2.00 bits per heavy atom. The molecule has 3 rings (SSSR count). The summed E-state index contributed by atoms with van der Waals surface area (Å²) in [6.07, 6.45) is 5.48. The van der Waals surface area contributed by atoms with Crippen LogP contribution in [0.1, 0.15) is 5.01 Å². The molecule has 3 aromatic rings. The van der Waals surface area contributed by atoms with Crippen molar-refractivity contribution in [3.8, 4) is 17.1 Å². The number of ether oxygens (including phenoxy) is 1. The molecule has 0 aliphatic carbocycles. The summed E-state index contributed by atoms with van der Waals surface area (Å²) >= 11 is 1.53. The minimum atomic E-state index is -0.245. The second-order valence-electron chi connectivity index (χ2n) is 4.46. The maximum absolute atomic E-state index is 12.9.